The summed E-state index contributed by atoms with van der Waals surface area (Å²) in [6.45, 7) is 7.30. The molecule has 0 amide bonds. The van der Waals surface area contributed by atoms with E-state index in [4.69, 9.17) is 10.5 Å². The Balaban J connectivity index is 2.64. The maximum Gasteiger partial charge on any atom is 0.122 e. The molecule has 1 aromatic carbocycles. The molecule has 0 aromatic heterocycles. The zero-order chi connectivity index (χ0) is 12.7. The predicted octanol–water partition coefficient (Wildman–Crippen LogP) is 3.39. The third-order valence-corrected chi connectivity index (χ3v) is 3.20. The van der Waals surface area contributed by atoms with Gasteiger partial charge in [-0.25, -0.2) is 0 Å². The minimum absolute atomic E-state index is 0.225. The summed E-state index contributed by atoms with van der Waals surface area (Å²) in [5.41, 5.74) is 7.23. The molecular weight excluding hydrogens is 210 g/mol. The average molecular weight is 235 g/mol. The van der Waals surface area contributed by atoms with Gasteiger partial charge >= 0.3 is 0 Å². The number of hydrogen-bond donors (Lipinski definition) is 1. The van der Waals surface area contributed by atoms with E-state index in [-0.39, 0.29) is 6.04 Å². The van der Waals surface area contributed by atoms with Crippen LogP contribution in [0.25, 0.3) is 0 Å². The Morgan fingerprint density at radius 2 is 1.88 bits per heavy atom. The van der Waals surface area contributed by atoms with Gasteiger partial charge in [0.1, 0.15) is 5.75 Å². The molecule has 0 aliphatic rings. The van der Waals surface area contributed by atoms with Gasteiger partial charge in [0, 0.05) is 6.04 Å². The highest BCUT2D eigenvalue weighted by molar-refractivity contribution is 5.33. The Hall–Kier alpha value is -1.02. The fraction of sp³-hybridized carbons (Fsp3) is 0.600. The first kappa shape index (κ1) is 14.0. The summed E-state index contributed by atoms with van der Waals surface area (Å²) in [4.78, 5) is 0. The number of ether oxygens (including phenoxy) is 1. The first-order chi connectivity index (χ1) is 8.17. The number of benzene rings is 1. The lowest BCUT2D eigenvalue weighted by molar-refractivity contribution is 0.254. The van der Waals surface area contributed by atoms with Gasteiger partial charge in [-0.15, -0.1) is 0 Å². The summed E-state index contributed by atoms with van der Waals surface area (Å²) < 4.78 is 5.88. The fourth-order valence-corrected chi connectivity index (χ4v) is 1.59. The van der Waals surface area contributed by atoms with Crippen LogP contribution in [0.2, 0.25) is 0 Å². The van der Waals surface area contributed by atoms with Crippen molar-refractivity contribution in [3.8, 4) is 5.75 Å². The van der Waals surface area contributed by atoms with Gasteiger partial charge < -0.3 is 10.5 Å². The summed E-state index contributed by atoms with van der Waals surface area (Å²) in [7, 11) is 0. The zero-order valence-electron chi connectivity index (χ0n) is 11.3. The number of nitrogens with two attached hydrogens (primary N) is 1. The van der Waals surface area contributed by atoms with Crippen LogP contribution >= 0.6 is 0 Å². The Labute approximate surface area is 105 Å². The Kier molecular flexibility index (Phi) is 6.06. The molecule has 2 atom stereocenters. The summed E-state index contributed by atoms with van der Waals surface area (Å²) in [6, 6.07) is 8.45. The van der Waals surface area contributed by atoms with Crippen molar-refractivity contribution in [2.24, 2.45) is 11.7 Å². The molecule has 1 aromatic rings. The molecule has 2 N–H and O–H groups in total. The van der Waals surface area contributed by atoms with Crippen LogP contribution in [-0.2, 0) is 6.42 Å². The van der Waals surface area contributed by atoms with Crippen LogP contribution in [-0.4, -0.2) is 12.6 Å². The van der Waals surface area contributed by atoms with E-state index >= 15 is 0 Å². The molecule has 0 spiro atoms. The SMILES string of the molecule is CCC(C)COc1ccccc1CC(N)CC. The third kappa shape index (κ3) is 4.78. The van der Waals surface area contributed by atoms with Crippen LogP contribution in [0, 0.1) is 5.92 Å². The lowest BCUT2D eigenvalue weighted by Gasteiger charge is -2.16. The van der Waals surface area contributed by atoms with Crippen molar-refractivity contribution < 1.29 is 4.74 Å². The van der Waals surface area contributed by atoms with E-state index in [1.807, 2.05) is 18.2 Å². The quantitative estimate of drug-likeness (QED) is 0.786. The first-order valence-corrected chi connectivity index (χ1v) is 6.63. The Morgan fingerprint density at radius 3 is 2.53 bits per heavy atom. The molecule has 0 radical (unpaired) electrons. The molecule has 0 saturated heterocycles. The molecule has 17 heavy (non-hydrogen) atoms. The van der Waals surface area contributed by atoms with E-state index in [0.29, 0.717) is 5.92 Å². The zero-order valence-corrected chi connectivity index (χ0v) is 11.3. The van der Waals surface area contributed by atoms with Crippen LogP contribution < -0.4 is 10.5 Å². The standard InChI is InChI=1S/C15H25NO/c1-4-12(3)11-17-15-9-7-6-8-13(15)10-14(16)5-2/h6-9,12,14H,4-5,10-11,16H2,1-3H3. The first-order valence-electron chi connectivity index (χ1n) is 6.63. The summed E-state index contributed by atoms with van der Waals surface area (Å²) >= 11 is 0. The summed E-state index contributed by atoms with van der Waals surface area (Å²) in [6.07, 6.45) is 3.05. The Morgan fingerprint density at radius 1 is 1.18 bits per heavy atom. The van der Waals surface area contributed by atoms with E-state index in [2.05, 4.69) is 26.8 Å². The minimum Gasteiger partial charge on any atom is -0.493 e. The molecule has 0 aliphatic carbocycles. The molecule has 0 fully saturated rings. The number of hydrogen-bond acceptors (Lipinski definition) is 2. The molecule has 2 nitrogen and oxygen atoms in total. The summed E-state index contributed by atoms with van der Waals surface area (Å²) in [5.74, 6) is 1.60. The van der Waals surface area contributed by atoms with Crippen LogP contribution in [0.3, 0.4) is 0 Å². The smallest absolute Gasteiger partial charge is 0.122 e. The van der Waals surface area contributed by atoms with Crippen molar-refractivity contribution in [2.75, 3.05) is 6.61 Å². The van der Waals surface area contributed by atoms with Crippen molar-refractivity contribution >= 4 is 0 Å². The van der Waals surface area contributed by atoms with Crippen LogP contribution in [0.4, 0.5) is 0 Å². The monoisotopic (exact) mass is 235 g/mol. The van der Waals surface area contributed by atoms with E-state index in [9.17, 15) is 0 Å². The molecule has 0 saturated carbocycles. The van der Waals surface area contributed by atoms with Gasteiger partial charge in [0.2, 0.25) is 0 Å². The normalized spacial score (nSPS) is 14.4. The highest BCUT2D eigenvalue weighted by Crippen LogP contribution is 2.20. The van der Waals surface area contributed by atoms with Crippen molar-refractivity contribution in [2.45, 2.75) is 46.1 Å². The second kappa shape index (κ2) is 7.33. The molecule has 0 heterocycles. The lowest BCUT2D eigenvalue weighted by Crippen LogP contribution is -2.22. The minimum atomic E-state index is 0.225. The highest BCUT2D eigenvalue weighted by Gasteiger charge is 2.08. The van der Waals surface area contributed by atoms with Gasteiger partial charge in [0.25, 0.3) is 0 Å². The number of para-hydroxylation sites is 1. The van der Waals surface area contributed by atoms with Crippen LogP contribution in [0.1, 0.15) is 39.2 Å². The molecule has 96 valence electrons. The van der Waals surface area contributed by atoms with Gasteiger partial charge in [-0.2, -0.15) is 0 Å². The van der Waals surface area contributed by atoms with Crippen molar-refractivity contribution in [3.05, 3.63) is 29.8 Å². The van der Waals surface area contributed by atoms with Gasteiger partial charge in [0.05, 0.1) is 6.61 Å². The molecule has 0 bridgehead atoms. The second-order valence-corrected chi connectivity index (χ2v) is 4.80. The summed E-state index contributed by atoms with van der Waals surface area (Å²) in [5, 5.41) is 0. The van der Waals surface area contributed by atoms with Gasteiger partial charge in [-0.05, 0) is 30.4 Å². The lowest BCUT2D eigenvalue weighted by atomic mass is 10.0. The van der Waals surface area contributed by atoms with Crippen LogP contribution in [0.5, 0.6) is 5.75 Å². The van der Waals surface area contributed by atoms with Crippen molar-refractivity contribution in [1.82, 2.24) is 0 Å². The highest BCUT2D eigenvalue weighted by atomic mass is 16.5. The number of rotatable bonds is 7. The topological polar surface area (TPSA) is 35.2 Å². The van der Waals surface area contributed by atoms with Crippen LogP contribution in [0.15, 0.2) is 24.3 Å². The van der Waals surface area contributed by atoms with Crippen molar-refractivity contribution in [1.29, 1.82) is 0 Å². The van der Waals surface area contributed by atoms with Gasteiger partial charge in [0.15, 0.2) is 0 Å². The van der Waals surface area contributed by atoms with E-state index in [1.54, 1.807) is 0 Å². The van der Waals surface area contributed by atoms with Gasteiger partial charge in [-0.1, -0.05) is 45.4 Å². The molecule has 2 unspecified atom stereocenters. The maximum atomic E-state index is 6.00. The average Bonchev–Trinajstić information content (AvgIpc) is 2.37. The molecular formula is C15H25NO. The fourth-order valence-electron chi connectivity index (χ4n) is 1.59. The van der Waals surface area contributed by atoms with E-state index in [1.165, 1.54) is 5.56 Å². The second-order valence-electron chi connectivity index (χ2n) is 4.80. The van der Waals surface area contributed by atoms with Gasteiger partial charge in [-0.3, -0.25) is 0 Å². The molecule has 0 aliphatic heterocycles. The predicted molar refractivity (Wildman–Crippen MR) is 73.4 cm³/mol. The van der Waals surface area contributed by atoms with E-state index in [0.717, 1.165) is 31.6 Å². The maximum absolute atomic E-state index is 6.00. The molecule has 2 heteroatoms. The molecule has 1 rings (SSSR count). The van der Waals surface area contributed by atoms with Crippen molar-refractivity contribution in [3.63, 3.8) is 0 Å². The third-order valence-electron chi connectivity index (χ3n) is 3.20. The van der Waals surface area contributed by atoms with E-state index < -0.39 is 0 Å². The largest absolute Gasteiger partial charge is 0.493 e. The Bertz CT molecular complexity index is 324.